The lowest BCUT2D eigenvalue weighted by atomic mass is 9.68. The Kier molecular flexibility index (Phi) is 4.32. The van der Waals surface area contributed by atoms with Gasteiger partial charge in [0.2, 0.25) is 0 Å². The average molecular weight is 308 g/mol. The van der Waals surface area contributed by atoms with E-state index in [2.05, 4.69) is 73.3 Å². The van der Waals surface area contributed by atoms with Crippen molar-refractivity contribution in [1.29, 1.82) is 0 Å². The molecule has 1 fully saturated rings. The second-order valence-electron chi connectivity index (χ2n) is 6.28. The van der Waals surface area contributed by atoms with E-state index < -0.39 is 0 Å². The summed E-state index contributed by atoms with van der Waals surface area (Å²) in [4.78, 5) is 0. The molecule has 0 spiro atoms. The van der Waals surface area contributed by atoms with Crippen molar-refractivity contribution in [2.45, 2.75) is 29.9 Å². The maximum absolute atomic E-state index is 6.42. The highest BCUT2D eigenvalue weighted by Gasteiger charge is 2.49. The van der Waals surface area contributed by atoms with Gasteiger partial charge < -0.3 is 4.74 Å². The third kappa shape index (κ3) is 2.36. The molecule has 1 unspecified atom stereocenters. The molecule has 2 aromatic carbocycles. The van der Waals surface area contributed by atoms with Crippen molar-refractivity contribution in [1.82, 2.24) is 0 Å². The van der Waals surface area contributed by atoms with Crippen molar-refractivity contribution < 1.29 is 4.74 Å². The van der Waals surface area contributed by atoms with Crippen LogP contribution in [0.2, 0.25) is 0 Å². The Bertz CT molecular complexity index is 575. The van der Waals surface area contributed by atoms with Gasteiger partial charge in [0.15, 0.2) is 0 Å². The van der Waals surface area contributed by atoms with Crippen LogP contribution in [0.5, 0.6) is 0 Å². The molecule has 0 saturated carbocycles. The van der Waals surface area contributed by atoms with E-state index in [4.69, 9.17) is 4.74 Å². The van der Waals surface area contributed by atoms with Crippen LogP contribution in [0.3, 0.4) is 0 Å². The summed E-state index contributed by atoms with van der Waals surface area (Å²) in [5, 5.41) is -0.129. The third-order valence-corrected chi connectivity index (χ3v) is 6.64. The van der Waals surface area contributed by atoms with Gasteiger partial charge in [-0.1, -0.05) is 66.7 Å². The highest BCUT2D eigenvalue weighted by Crippen LogP contribution is 2.47. The fourth-order valence-corrected chi connectivity index (χ4v) is 5.22. The Morgan fingerprint density at radius 1 is 0.955 bits per heavy atom. The molecule has 0 N–H and O–H groups in total. The van der Waals surface area contributed by atoms with Crippen LogP contribution in [-0.4, -0.2) is 22.1 Å². The van der Waals surface area contributed by atoms with E-state index >= 15 is 0 Å². The first-order valence-corrected chi connectivity index (χ1v) is 9.11. The lowest BCUT2D eigenvalue weighted by Crippen LogP contribution is -2.55. The molecule has 0 radical (unpaired) electrons. The molecule has 0 aliphatic carbocycles. The Hall–Kier alpha value is -1.64. The van der Waals surface area contributed by atoms with Gasteiger partial charge in [-0.3, -0.25) is 0 Å². The number of hydrogen-bond acceptors (Lipinski definition) is 1. The summed E-state index contributed by atoms with van der Waals surface area (Å²) in [6.07, 6.45) is 5.63. The smallest absolute Gasteiger partial charge is 0.0653 e. The lowest BCUT2D eigenvalue weighted by molar-refractivity contribution is -0.0465. The summed E-state index contributed by atoms with van der Waals surface area (Å²) in [6.45, 7) is 5.11. The van der Waals surface area contributed by atoms with E-state index in [1.54, 1.807) is 0 Å². The van der Waals surface area contributed by atoms with Crippen molar-refractivity contribution in [3.8, 4) is 0 Å². The van der Waals surface area contributed by atoms with Crippen LogP contribution >= 0.6 is 0 Å². The molecule has 22 heavy (non-hydrogen) atoms. The summed E-state index contributed by atoms with van der Waals surface area (Å²) in [7, 11) is 0.973. The third-order valence-electron chi connectivity index (χ3n) is 5.07. The molecule has 114 valence electrons. The summed E-state index contributed by atoms with van der Waals surface area (Å²) < 4.78 is 6.42. The summed E-state index contributed by atoms with van der Waals surface area (Å²) in [5.41, 5.74) is 2.31. The average Bonchev–Trinajstić information content (AvgIpc) is 2.58. The molecule has 1 aliphatic heterocycles. The highest BCUT2D eigenvalue weighted by atomic mass is 28.1. The number of hydrogen-bond donors (Lipinski definition) is 0. The Labute approximate surface area is 136 Å². The van der Waals surface area contributed by atoms with Crippen molar-refractivity contribution in [3.05, 3.63) is 84.4 Å². The van der Waals surface area contributed by atoms with Gasteiger partial charge in [0.05, 0.1) is 10.6 Å². The first-order chi connectivity index (χ1) is 10.7. The van der Waals surface area contributed by atoms with Crippen LogP contribution in [0, 0.1) is 0 Å². The molecule has 0 amide bonds. The molecule has 0 bridgehead atoms. The van der Waals surface area contributed by atoms with Gasteiger partial charge in [-0.05, 0) is 30.4 Å². The van der Waals surface area contributed by atoms with E-state index in [1.165, 1.54) is 24.0 Å². The standard InChI is InChI=1S/C20H24OSi/c1-2-19(17-11-5-3-6-12-17,18-13-7-4-8-14-18)20(22)15-9-10-16-21-20/h2-8,11-14H,1,9-10,15-16H2,22H3. The van der Waals surface area contributed by atoms with E-state index in [-0.39, 0.29) is 10.6 Å². The van der Waals surface area contributed by atoms with Crippen LogP contribution in [0.25, 0.3) is 0 Å². The normalized spacial score (nSPS) is 22.4. The Morgan fingerprint density at radius 3 is 1.91 bits per heavy atom. The van der Waals surface area contributed by atoms with Gasteiger partial charge in [0, 0.05) is 16.8 Å². The van der Waals surface area contributed by atoms with Gasteiger partial charge in [0.25, 0.3) is 0 Å². The van der Waals surface area contributed by atoms with E-state index in [1.807, 2.05) is 0 Å². The molecule has 3 rings (SSSR count). The highest BCUT2D eigenvalue weighted by molar-refractivity contribution is 6.16. The number of rotatable bonds is 4. The van der Waals surface area contributed by atoms with Crippen molar-refractivity contribution in [2.75, 3.05) is 6.61 Å². The van der Waals surface area contributed by atoms with Gasteiger partial charge in [0.1, 0.15) is 0 Å². The molecule has 1 nitrogen and oxygen atoms in total. The topological polar surface area (TPSA) is 9.23 Å². The van der Waals surface area contributed by atoms with Crippen LogP contribution in [0.4, 0.5) is 0 Å². The predicted octanol–water partition coefficient (Wildman–Crippen LogP) is 3.42. The molecular weight excluding hydrogens is 284 g/mol. The zero-order valence-corrected chi connectivity index (χ0v) is 15.3. The largest absolute Gasteiger partial charge is 0.378 e. The molecule has 2 aromatic rings. The maximum atomic E-state index is 6.42. The fraction of sp³-hybridized carbons (Fsp3) is 0.300. The van der Waals surface area contributed by atoms with Crippen LogP contribution in [-0.2, 0) is 10.2 Å². The Balaban J connectivity index is 2.23. The van der Waals surface area contributed by atoms with Crippen molar-refractivity contribution in [3.63, 3.8) is 0 Å². The monoisotopic (exact) mass is 308 g/mol. The van der Waals surface area contributed by atoms with Crippen LogP contribution in [0.1, 0.15) is 30.4 Å². The first kappa shape index (κ1) is 15.3. The first-order valence-electron chi connectivity index (χ1n) is 8.11. The number of ether oxygens (including phenoxy) is 1. The predicted molar refractivity (Wildman–Crippen MR) is 96.3 cm³/mol. The van der Waals surface area contributed by atoms with E-state index in [0.29, 0.717) is 0 Å². The van der Waals surface area contributed by atoms with E-state index in [9.17, 15) is 0 Å². The Morgan fingerprint density at radius 2 is 1.50 bits per heavy atom. The van der Waals surface area contributed by atoms with Gasteiger partial charge in [-0.2, -0.15) is 0 Å². The zero-order chi connectivity index (χ0) is 15.5. The number of benzene rings is 2. The molecule has 0 aromatic heterocycles. The van der Waals surface area contributed by atoms with E-state index in [0.717, 1.165) is 23.3 Å². The second-order valence-corrected chi connectivity index (χ2v) is 7.90. The minimum Gasteiger partial charge on any atom is -0.378 e. The summed E-state index contributed by atoms with van der Waals surface area (Å²) in [5.74, 6) is 0. The minimum atomic E-state index is -0.262. The summed E-state index contributed by atoms with van der Waals surface area (Å²) in [6, 6.07) is 21.5. The van der Waals surface area contributed by atoms with Crippen LogP contribution < -0.4 is 0 Å². The van der Waals surface area contributed by atoms with Gasteiger partial charge in [-0.25, -0.2) is 0 Å². The molecule has 2 heteroatoms. The molecule has 1 atom stereocenters. The molecule has 1 heterocycles. The maximum Gasteiger partial charge on any atom is 0.0653 e. The second kappa shape index (κ2) is 6.23. The SMILES string of the molecule is C=CC(c1ccccc1)(c1ccccc1)C1([SiH3])CCCCO1. The molecular formula is C20H24OSi. The zero-order valence-electron chi connectivity index (χ0n) is 13.3. The summed E-state index contributed by atoms with van der Waals surface area (Å²) >= 11 is 0. The fourth-order valence-electron chi connectivity index (χ4n) is 3.88. The molecule has 1 aliphatic rings. The van der Waals surface area contributed by atoms with Crippen LogP contribution in [0.15, 0.2) is 73.3 Å². The van der Waals surface area contributed by atoms with Crippen molar-refractivity contribution in [2.24, 2.45) is 0 Å². The molecule has 1 saturated heterocycles. The minimum absolute atomic E-state index is 0.129. The van der Waals surface area contributed by atoms with Gasteiger partial charge in [-0.15, -0.1) is 6.58 Å². The quantitative estimate of drug-likeness (QED) is 0.621. The lowest BCUT2D eigenvalue weighted by Gasteiger charge is -2.50. The van der Waals surface area contributed by atoms with Gasteiger partial charge >= 0.3 is 0 Å². The van der Waals surface area contributed by atoms with Crippen molar-refractivity contribution >= 4 is 10.2 Å².